The van der Waals surface area contributed by atoms with E-state index in [0.717, 1.165) is 17.8 Å². The molecule has 82 valence electrons. The minimum Gasteiger partial charge on any atom is -0.309 e. The first-order chi connectivity index (χ1) is 7.40. The fraction of sp³-hybridized carbons (Fsp3) is 0.538. The summed E-state index contributed by atoms with van der Waals surface area (Å²) >= 11 is 2.01. The van der Waals surface area contributed by atoms with E-state index in [1.54, 1.807) is 0 Å². The number of thioether (sulfide) groups is 1. The summed E-state index contributed by atoms with van der Waals surface area (Å²) in [4.78, 5) is 0. The van der Waals surface area contributed by atoms with Gasteiger partial charge in [0.15, 0.2) is 0 Å². The fourth-order valence-corrected chi connectivity index (χ4v) is 3.25. The highest BCUT2D eigenvalue weighted by molar-refractivity contribution is 7.99. The molecule has 1 aliphatic carbocycles. The highest BCUT2D eigenvalue weighted by Gasteiger charge is 2.25. The van der Waals surface area contributed by atoms with E-state index in [4.69, 9.17) is 0 Å². The second kappa shape index (κ2) is 5.57. The third kappa shape index (κ3) is 2.99. The van der Waals surface area contributed by atoms with Crippen molar-refractivity contribution in [3.63, 3.8) is 0 Å². The summed E-state index contributed by atoms with van der Waals surface area (Å²) in [5.74, 6) is 0. The molecule has 0 aliphatic heterocycles. The van der Waals surface area contributed by atoms with Crippen molar-refractivity contribution in [1.29, 1.82) is 0 Å². The molecule has 0 radical (unpaired) electrons. The van der Waals surface area contributed by atoms with E-state index in [9.17, 15) is 0 Å². The van der Waals surface area contributed by atoms with Crippen molar-refractivity contribution >= 4 is 11.8 Å². The Bertz CT molecular complexity index is 286. The molecule has 2 atom stereocenters. The zero-order valence-corrected chi connectivity index (χ0v) is 10.1. The van der Waals surface area contributed by atoms with Gasteiger partial charge in [0.05, 0.1) is 0 Å². The molecule has 2 rings (SSSR count). The molecule has 15 heavy (non-hydrogen) atoms. The van der Waals surface area contributed by atoms with E-state index in [-0.39, 0.29) is 0 Å². The van der Waals surface area contributed by atoms with Crippen LogP contribution in [0.3, 0.4) is 0 Å². The van der Waals surface area contributed by atoms with Crippen molar-refractivity contribution in [3.05, 3.63) is 35.9 Å². The van der Waals surface area contributed by atoms with Crippen molar-refractivity contribution in [3.8, 4) is 0 Å². The topological polar surface area (TPSA) is 12.0 Å². The summed E-state index contributed by atoms with van der Waals surface area (Å²) < 4.78 is 0. The Kier molecular flexibility index (Phi) is 4.09. The fourth-order valence-electron chi connectivity index (χ4n) is 2.29. The SMILES string of the molecule is CSC1CCCC1NCc1ccccc1. The lowest BCUT2D eigenvalue weighted by Crippen LogP contribution is -2.33. The van der Waals surface area contributed by atoms with Crippen molar-refractivity contribution < 1.29 is 0 Å². The summed E-state index contributed by atoms with van der Waals surface area (Å²) in [6.45, 7) is 1.02. The molecule has 1 aliphatic rings. The first-order valence-corrected chi connectivity index (χ1v) is 6.99. The lowest BCUT2D eigenvalue weighted by Gasteiger charge is -2.19. The highest BCUT2D eigenvalue weighted by Crippen LogP contribution is 2.28. The van der Waals surface area contributed by atoms with Gasteiger partial charge >= 0.3 is 0 Å². The maximum atomic E-state index is 3.68. The minimum atomic E-state index is 0.722. The molecule has 0 aromatic heterocycles. The Morgan fingerprint density at radius 2 is 2.07 bits per heavy atom. The molecular weight excluding hydrogens is 202 g/mol. The smallest absolute Gasteiger partial charge is 0.0208 e. The average Bonchev–Trinajstić information content (AvgIpc) is 2.75. The second-order valence-electron chi connectivity index (χ2n) is 4.18. The van der Waals surface area contributed by atoms with Gasteiger partial charge in [-0.3, -0.25) is 0 Å². The van der Waals surface area contributed by atoms with Crippen LogP contribution in [-0.4, -0.2) is 17.5 Å². The average molecular weight is 221 g/mol. The van der Waals surface area contributed by atoms with Gasteiger partial charge in [0, 0.05) is 17.8 Å². The molecule has 0 saturated heterocycles. The van der Waals surface area contributed by atoms with Gasteiger partial charge in [-0.05, 0) is 24.7 Å². The minimum absolute atomic E-state index is 0.722. The number of rotatable bonds is 4. The normalized spacial score (nSPS) is 25.7. The molecule has 1 N–H and O–H groups in total. The van der Waals surface area contributed by atoms with Crippen LogP contribution in [0.15, 0.2) is 30.3 Å². The summed E-state index contributed by atoms with van der Waals surface area (Å²) in [6, 6.07) is 11.4. The first-order valence-electron chi connectivity index (χ1n) is 5.70. The first kappa shape index (κ1) is 11.0. The molecular formula is C13H19NS. The van der Waals surface area contributed by atoms with E-state index in [1.165, 1.54) is 24.8 Å². The highest BCUT2D eigenvalue weighted by atomic mass is 32.2. The van der Waals surface area contributed by atoms with Crippen LogP contribution in [-0.2, 0) is 6.54 Å². The summed E-state index contributed by atoms with van der Waals surface area (Å²) in [5.41, 5.74) is 1.39. The zero-order valence-electron chi connectivity index (χ0n) is 9.28. The molecule has 1 aromatic rings. The van der Waals surface area contributed by atoms with Crippen LogP contribution in [0.5, 0.6) is 0 Å². The zero-order chi connectivity index (χ0) is 10.5. The van der Waals surface area contributed by atoms with Crippen LogP contribution in [0, 0.1) is 0 Å². The summed E-state index contributed by atoms with van der Waals surface area (Å²) in [7, 11) is 0. The van der Waals surface area contributed by atoms with Gasteiger partial charge in [-0.25, -0.2) is 0 Å². The van der Waals surface area contributed by atoms with E-state index in [1.807, 2.05) is 11.8 Å². The maximum absolute atomic E-state index is 3.68. The maximum Gasteiger partial charge on any atom is 0.0208 e. The molecule has 1 aromatic carbocycles. The van der Waals surface area contributed by atoms with Crippen molar-refractivity contribution in [2.75, 3.05) is 6.26 Å². The van der Waals surface area contributed by atoms with Crippen LogP contribution >= 0.6 is 11.8 Å². The quantitative estimate of drug-likeness (QED) is 0.838. The van der Waals surface area contributed by atoms with E-state index >= 15 is 0 Å². The van der Waals surface area contributed by atoms with Gasteiger partial charge in [-0.15, -0.1) is 0 Å². The van der Waals surface area contributed by atoms with Gasteiger partial charge in [0.1, 0.15) is 0 Å². The predicted octanol–water partition coefficient (Wildman–Crippen LogP) is 3.06. The van der Waals surface area contributed by atoms with E-state index in [0.29, 0.717) is 0 Å². The van der Waals surface area contributed by atoms with Gasteiger partial charge in [-0.2, -0.15) is 11.8 Å². The molecule has 0 heterocycles. The van der Waals surface area contributed by atoms with E-state index in [2.05, 4.69) is 41.9 Å². The number of hydrogen-bond acceptors (Lipinski definition) is 2. The standard InChI is InChI=1S/C13H19NS/c1-15-13-9-5-8-12(13)14-10-11-6-3-2-4-7-11/h2-4,6-7,12-14H,5,8-10H2,1H3. The van der Waals surface area contributed by atoms with E-state index < -0.39 is 0 Å². The predicted molar refractivity (Wildman–Crippen MR) is 68.2 cm³/mol. The molecule has 0 bridgehead atoms. The van der Waals surface area contributed by atoms with Crippen molar-refractivity contribution in [1.82, 2.24) is 5.32 Å². The Hall–Kier alpha value is -0.470. The van der Waals surface area contributed by atoms with Gasteiger partial charge in [0.2, 0.25) is 0 Å². The van der Waals surface area contributed by atoms with Gasteiger partial charge in [0.25, 0.3) is 0 Å². The Morgan fingerprint density at radius 3 is 2.80 bits per heavy atom. The molecule has 1 nitrogen and oxygen atoms in total. The van der Waals surface area contributed by atoms with Crippen molar-refractivity contribution in [2.45, 2.75) is 37.1 Å². The monoisotopic (exact) mass is 221 g/mol. The molecule has 1 saturated carbocycles. The molecule has 0 spiro atoms. The number of benzene rings is 1. The lowest BCUT2D eigenvalue weighted by atomic mass is 10.2. The number of nitrogens with one attached hydrogen (secondary N) is 1. The molecule has 2 heteroatoms. The molecule has 2 unspecified atom stereocenters. The Balaban J connectivity index is 1.83. The van der Waals surface area contributed by atoms with Crippen molar-refractivity contribution in [2.24, 2.45) is 0 Å². The van der Waals surface area contributed by atoms with Gasteiger partial charge < -0.3 is 5.32 Å². The second-order valence-corrected chi connectivity index (χ2v) is 5.25. The Labute approximate surface area is 96.7 Å². The van der Waals surface area contributed by atoms with Crippen LogP contribution in [0.25, 0.3) is 0 Å². The third-order valence-corrected chi connectivity index (χ3v) is 4.34. The third-order valence-electron chi connectivity index (χ3n) is 3.17. The summed E-state index contributed by atoms with van der Waals surface area (Å²) in [6.07, 6.45) is 6.34. The van der Waals surface area contributed by atoms with Crippen LogP contribution in [0.4, 0.5) is 0 Å². The molecule has 0 amide bonds. The van der Waals surface area contributed by atoms with Crippen LogP contribution < -0.4 is 5.32 Å². The largest absolute Gasteiger partial charge is 0.309 e. The molecule has 1 fully saturated rings. The lowest BCUT2D eigenvalue weighted by molar-refractivity contribution is 0.532. The van der Waals surface area contributed by atoms with Gasteiger partial charge in [-0.1, -0.05) is 36.8 Å². The summed E-state index contributed by atoms with van der Waals surface area (Å²) in [5, 5.41) is 4.51. The van der Waals surface area contributed by atoms with Crippen LogP contribution in [0.1, 0.15) is 24.8 Å². The number of hydrogen-bond donors (Lipinski definition) is 1. The Morgan fingerprint density at radius 1 is 1.27 bits per heavy atom. The van der Waals surface area contributed by atoms with Crippen LogP contribution in [0.2, 0.25) is 0 Å².